The predicted molar refractivity (Wildman–Crippen MR) is 111 cm³/mol. The monoisotopic (exact) mass is 381 g/mol. The van der Waals surface area contributed by atoms with Gasteiger partial charge in [-0.25, -0.2) is 15.0 Å². The first-order chi connectivity index (χ1) is 13.3. The number of aliphatic hydroxyl groups excluding tert-OH is 1. The van der Waals surface area contributed by atoms with E-state index in [1.54, 1.807) is 0 Å². The van der Waals surface area contributed by atoms with Gasteiger partial charge in [0.2, 0.25) is 5.13 Å². The number of hydrogen-bond donors (Lipinski definition) is 3. The number of aliphatic hydroxyl groups is 1. The van der Waals surface area contributed by atoms with Gasteiger partial charge in [-0.05, 0) is 50.0 Å². The maximum atomic E-state index is 9.23. The molecule has 0 bridgehead atoms. The lowest BCUT2D eigenvalue weighted by atomic mass is 10.1. The van der Waals surface area contributed by atoms with Crippen molar-refractivity contribution in [1.82, 2.24) is 20.6 Å². The largest absolute Gasteiger partial charge is 0.392 e. The first-order valence-corrected chi connectivity index (χ1v) is 9.69. The van der Waals surface area contributed by atoms with Crippen LogP contribution in [0.25, 0.3) is 22.6 Å². The maximum Gasteiger partial charge on any atom is 0.209 e. The zero-order valence-corrected chi connectivity index (χ0v) is 15.9. The topological polar surface area (TPSA) is 82.4 Å². The van der Waals surface area contributed by atoms with Crippen LogP contribution in [0.15, 0.2) is 52.8 Å². The molecular formula is C20H23N5OS. The van der Waals surface area contributed by atoms with E-state index in [9.17, 15) is 5.11 Å². The van der Waals surface area contributed by atoms with Crippen molar-refractivity contribution >= 4 is 23.2 Å². The number of benzene rings is 1. The summed E-state index contributed by atoms with van der Waals surface area (Å²) in [7, 11) is 0. The predicted octanol–water partition coefficient (Wildman–Crippen LogP) is 3.22. The van der Waals surface area contributed by atoms with Crippen molar-refractivity contribution in [2.24, 2.45) is 4.99 Å². The van der Waals surface area contributed by atoms with Crippen molar-refractivity contribution < 1.29 is 5.11 Å². The first kappa shape index (κ1) is 19.3. The number of pyridine rings is 1. The highest BCUT2D eigenvalue weighted by Crippen LogP contribution is 2.27. The molecule has 0 radical (unpaired) electrons. The van der Waals surface area contributed by atoms with Gasteiger partial charge < -0.3 is 15.7 Å². The second-order valence-corrected chi connectivity index (χ2v) is 6.81. The van der Waals surface area contributed by atoms with Crippen LogP contribution in [-0.4, -0.2) is 41.6 Å². The SMILES string of the molecule is C1CNCNC1.C=Nc1nc(-c2cccc(-c3cccc(CO)c3)n2)cs1. The van der Waals surface area contributed by atoms with Crippen molar-refractivity contribution in [3.05, 3.63) is 53.4 Å². The summed E-state index contributed by atoms with van der Waals surface area (Å²) >= 11 is 1.44. The summed E-state index contributed by atoms with van der Waals surface area (Å²) in [4.78, 5) is 12.8. The van der Waals surface area contributed by atoms with Gasteiger partial charge in [-0.2, -0.15) is 0 Å². The van der Waals surface area contributed by atoms with Crippen molar-refractivity contribution in [2.45, 2.75) is 13.0 Å². The molecular weight excluding hydrogens is 358 g/mol. The van der Waals surface area contributed by atoms with Gasteiger partial charge >= 0.3 is 0 Å². The molecule has 4 rings (SSSR count). The first-order valence-electron chi connectivity index (χ1n) is 8.81. The molecule has 0 aliphatic carbocycles. The number of rotatable bonds is 4. The summed E-state index contributed by atoms with van der Waals surface area (Å²) in [6.07, 6.45) is 1.28. The summed E-state index contributed by atoms with van der Waals surface area (Å²) in [5, 5.41) is 18.1. The average molecular weight is 382 g/mol. The Kier molecular flexibility index (Phi) is 7.18. The van der Waals surface area contributed by atoms with Crippen molar-refractivity contribution in [3.8, 4) is 22.6 Å². The molecule has 0 spiro atoms. The highest BCUT2D eigenvalue weighted by atomic mass is 32.1. The molecule has 6 nitrogen and oxygen atoms in total. The lowest BCUT2D eigenvalue weighted by Gasteiger charge is -2.11. The van der Waals surface area contributed by atoms with Crippen LogP contribution in [0, 0.1) is 0 Å². The molecule has 0 amide bonds. The highest BCUT2D eigenvalue weighted by molar-refractivity contribution is 7.13. The number of nitrogens with one attached hydrogen (secondary N) is 2. The van der Waals surface area contributed by atoms with E-state index < -0.39 is 0 Å². The molecule has 1 aromatic carbocycles. The van der Waals surface area contributed by atoms with Crippen molar-refractivity contribution in [1.29, 1.82) is 0 Å². The molecule has 3 heterocycles. The molecule has 0 atom stereocenters. The molecule has 1 fully saturated rings. The molecule has 27 heavy (non-hydrogen) atoms. The quantitative estimate of drug-likeness (QED) is 0.605. The zero-order valence-electron chi connectivity index (χ0n) is 15.1. The minimum Gasteiger partial charge on any atom is -0.392 e. The van der Waals surface area contributed by atoms with Crippen molar-refractivity contribution in [3.63, 3.8) is 0 Å². The van der Waals surface area contributed by atoms with Gasteiger partial charge in [0.25, 0.3) is 0 Å². The number of hydrogen-bond acceptors (Lipinski definition) is 7. The molecule has 1 aliphatic heterocycles. The second kappa shape index (κ2) is 10.0. The third kappa shape index (κ3) is 5.51. The van der Waals surface area contributed by atoms with E-state index in [1.165, 1.54) is 30.8 Å². The minimum atomic E-state index is 0.0218. The summed E-state index contributed by atoms with van der Waals surface area (Å²) < 4.78 is 0. The summed E-state index contributed by atoms with van der Waals surface area (Å²) in [6.45, 7) is 6.87. The molecule has 0 saturated carbocycles. The Morgan fingerprint density at radius 3 is 2.44 bits per heavy atom. The van der Waals surface area contributed by atoms with E-state index in [1.807, 2.05) is 47.8 Å². The van der Waals surface area contributed by atoms with Gasteiger partial charge in [0.05, 0.1) is 18.0 Å². The van der Waals surface area contributed by atoms with E-state index in [0.717, 1.165) is 34.9 Å². The van der Waals surface area contributed by atoms with Crippen LogP contribution in [0.2, 0.25) is 0 Å². The lowest BCUT2D eigenvalue weighted by molar-refractivity contribution is 0.282. The van der Waals surface area contributed by atoms with Gasteiger partial charge in [0.1, 0.15) is 5.69 Å². The van der Waals surface area contributed by atoms with Crippen LogP contribution in [0.3, 0.4) is 0 Å². The Morgan fingerprint density at radius 2 is 1.81 bits per heavy atom. The summed E-state index contributed by atoms with van der Waals surface area (Å²) in [5.41, 5.74) is 4.28. The van der Waals surface area contributed by atoms with Gasteiger partial charge in [0, 0.05) is 17.6 Å². The third-order valence-corrected chi connectivity index (χ3v) is 4.77. The fourth-order valence-electron chi connectivity index (χ4n) is 2.63. The second-order valence-electron chi connectivity index (χ2n) is 5.97. The number of thiazole rings is 1. The van der Waals surface area contributed by atoms with Crippen LogP contribution in [-0.2, 0) is 6.61 Å². The summed E-state index contributed by atoms with van der Waals surface area (Å²) in [5.74, 6) is 0. The molecule has 140 valence electrons. The van der Waals surface area contributed by atoms with Crippen LogP contribution >= 0.6 is 11.3 Å². The van der Waals surface area contributed by atoms with Crippen LogP contribution in [0.4, 0.5) is 5.13 Å². The third-order valence-electron chi connectivity index (χ3n) is 4.00. The van der Waals surface area contributed by atoms with E-state index in [4.69, 9.17) is 0 Å². The lowest BCUT2D eigenvalue weighted by Crippen LogP contribution is -2.37. The fraction of sp³-hybridized carbons (Fsp3) is 0.250. The number of aliphatic imine (C=N–C) groups is 1. The normalized spacial score (nSPS) is 13.5. The van der Waals surface area contributed by atoms with Gasteiger partial charge in [-0.15, -0.1) is 11.3 Å². The molecule has 3 N–H and O–H groups in total. The van der Waals surface area contributed by atoms with E-state index in [-0.39, 0.29) is 6.61 Å². The Morgan fingerprint density at radius 1 is 1.04 bits per heavy atom. The maximum absolute atomic E-state index is 9.23. The fourth-order valence-corrected chi connectivity index (χ4v) is 3.24. The minimum absolute atomic E-state index is 0.0218. The molecule has 1 aliphatic rings. The molecule has 7 heteroatoms. The standard InChI is InChI=1S/C16H13N3OS.C4H10N2/c1-17-16-19-15(10-21-16)14-7-3-6-13(18-14)12-5-2-4-11(8-12)9-20;1-2-5-4-6-3-1/h2-8,10,20H,1,9H2;5-6H,1-4H2. The molecule has 3 aromatic rings. The van der Waals surface area contributed by atoms with Gasteiger partial charge in [-0.1, -0.05) is 24.3 Å². The number of aromatic nitrogens is 2. The van der Waals surface area contributed by atoms with E-state index in [2.05, 4.69) is 32.3 Å². The Hall–Kier alpha value is -2.45. The van der Waals surface area contributed by atoms with Crippen molar-refractivity contribution in [2.75, 3.05) is 19.8 Å². The highest BCUT2D eigenvalue weighted by Gasteiger charge is 2.07. The van der Waals surface area contributed by atoms with Gasteiger partial charge in [-0.3, -0.25) is 0 Å². The van der Waals surface area contributed by atoms with E-state index >= 15 is 0 Å². The van der Waals surface area contributed by atoms with Crippen LogP contribution in [0.1, 0.15) is 12.0 Å². The molecule has 1 saturated heterocycles. The van der Waals surface area contributed by atoms with Crippen LogP contribution < -0.4 is 10.6 Å². The average Bonchev–Trinajstić information content (AvgIpc) is 3.25. The molecule has 2 aromatic heterocycles. The number of nitrogens with zero attached hydrogens (tertiary/aromatic N) is 3. The zero-order chi connectivity index (χ0) is 18.9. The van der Waals surface area contributed by atoms with Crippen LogP contribution in [0.5, 0.6) is 0 Å². The van der Waals surface area contributed by atoms with E-state index in [0.29, 0.717) is 5.13 Å². The smallest absolute Gasteiger partial charge is 0.209 e. The Bertz CT molecular complexity index is 865. The Balaban J connectivity index is 0.000000299. The summed E-state index contributed by atoms with van der Waals surface area (Å²) in [6, 6.07) is 13.5. The molecule has 0 unspecified atom stereocenters. The van der Waals surface area contributed by atoms with Gasteiger partial charge in [0.15, 0.2) is 0 Å². The Labute approximate surface area is 163 Å².